The number of phosphoric ester groups is 1. The van der Waals surface area contributed by atoms with Crippen molar-refractivity contribution in [2.45, 2.75) is 174 Å². The molecule has 0 aromatic heterocycles. The molecule has 0 bridgehead atoms. The molecule has 1 amide bonds. The number of allylic oxidation sites excluding steroid dienone is 6. The predicted molar refractivity (Wildman–Crippen MR) is 203 cm³/mol. The quantitative estimate of drug-likeness (QED) is 0.0210. The molecule has 0 aliphatic rings. The molecule has 0 aliphatic carbocycles. The number of amides is 1. The van der Waals surface area contributed by atoms with Gasteiger partial charge < -0.3 is 25.2 Å². The van der Waals surface area contributed by atoms with E-state index in [0.29, 0.717) is 12.8 Å². The number of aliphatic carboxylic acids is 1. The minimum atomic E-state index is -4.73. The van der Waals surface area contributed by atoms with Crippen LogP contribution in [-0.2, 0) is 32.7 Å². The van der Waals surface area contributed by atoms with Crippen molar-refractivity contribution in [3.05, 3.63) is 36.5 Å². The average Bonchev–Trinajstić information content (AvgIpc) is 3.10. The number of aliphatic hydroxyl groups is 1. The molecule has 12 heteroatoms. The zero-order valence-electron chi connectivity index (χ0n) is 31.7. The van der Waals surface area contributed by atoms with E-state index in [1.807, 2.05) is 6.92 Å². The first kappa shape index (κ1) is 48.7. The molecule has 0 saturated heterocycles. The summed E-state index contributed by atoms with van der Waals surface area (Å²) in [6, 6.07) is -1.54. The van der Waals surface area contributed by atoms with Gasteiger partial charge in [-0.1, -0.05) is 134 Å². The molecular formula is C39H70NO10P. The number of nitrogens with one attached hydrogen (secondary N) is 1. The molecule has 0 rings (SSSR count). The Morgan fingerprint density at radius 2 is 1.08 bits per heavy atom. The van der Waals surface area contributed by atoms with E-state index >= 15 is 0 Å². The van der Waals surface area contributed by atoms with E-state index in [-0.39, 0.29) is 12.8 Å². The highest BCUT2D eigenvalue weighted by atomic mass is 31.2. The summed E-state index contributed by atoms with van der Waals surface area (Å²) in [5.41, 5.74) is 0. The lowest BCUT2D eigenvalue weighted by Crippen LogP contribution is -2.43. The van der Waals surface area contributed by atoms with Crippen LogP contribution in [0.4, 0.5) is 0 Å². The second-order valence-corrected chi connectivity index (χ2v) is 14.6. The average molecular weight is 744 g/mol. The second kappa shape index (κ2) is 34.8. The van der Waals surface area contributed by atoms with E-state index in [1.54, 1.807) is 0 Å². The maximum atomic E-state index is 12.1. The molecule has 3 atom stereocenters. The standard InChI is InChI=1S/C39H70NO10P/c1-3-5-7-9-10-11-12-13-14-15-16-17-18-19-20-21-22-23-24-25-26-27-29-31-38(43)48-32-35(41)33-49-51(46,47)50-34-36(39(44)45)40-37(42)30-28-8-6-4-2/h10-11,13-14,16-17,35-36,41H,3-9,12,15,18-34H2,1-2H3,(H,40,42)(H,44,45)(H,46,47)/b11-10-,14-13-,17-16-. The number of hydrogen-bond acceptors (Lipinski definition) is 8. The smallest absolute Gasteiger partial charge is 0.472 e. The third-order valence-electron chi connectivity index (χ3n) is 8.18. The molecule has 0 aliphatic heterocycles. The SMILES string of the molecule is CCCCC/C=C\C/C=C\C/C=C\CCCCCCCCCCCCC(=O)OCC(O)COP(=O)(O)OCC(NC(=O)CCCCCC)C(=O)O. The van der Waals surface area contributed by atoms with Crippen LogP contribution in [0.15, 0.2) is 36.5 Å². The van der Waals surface area contributed by atoms with Crippen molar-refractivity contribution < 1.29 is 47.8 Å². The van der Waals surface area contributed by atoms with E-state index in [2.05, 4.69) is 48.7 Å². The van der Waals surface area contributed by atoms with Crippen molar-refractivity contribution in [3.63, 3.8) is 0 Å². The minimum absolute atomic E-state index is 0.137. The molecule has 0 saturated carbocycles. The number of carbonyl (C=O) groups excluding carboxylic acids is 2. The van der Waals surface area contributed by atoms with E-state index in [0.717, 1.165) is 57.8 Å². The number of ether oxygens (including phenoxy) is 1. The van der Waals surface area contributed by atoms with Crippen molar-refractivity contribution in [3.8, 4) is 0 Å². The molecule has 0 aromatic rings. The lowest BCUT2D eigenvalue weighted by Gasteiger charge is -2.18. The Bertz CT molecular complexity index is 1020. The summed E-state index contributed by atoms with van der Waals surface area (Å²) < 4.78 is 26.5. The largest absolute Gasteiger partial charge is 0.480 e. The van der Waals surface area contributed by atoms with Gasteiger partial charge in [-0.2, -0.15) is 0 Å². The Morgan fingerprint density at radius 3 is 1.65 bits per heavy atom. The number of carbonyl (C=O) groups is 3. The molecule has 51 heavy (non-hydrogen) atoms. The number of esters is 1. The highest BCUT2D eigenvalue weighted by Gasteiger charge is 2.28. The fourth-order valence-electron chi connectivity index (χ4n) is 5.08. The zero-order valence-corrected chi connectivity index (χ0v) is 32.5. The van der Waals surface area contributed by atoms with Gasteiger partial charge in [-0.3, -0.25) is 18.6 Å². The van der Waals surface area contributed by atoms with Gasteiger partial charge in [0.15, 0.2) is 6.04 Å². The second-order valence-electron chi connectivity index (χ2n) is 13.1. The van der Waals surface area contributed by atoms with Crippen molar-refractivity contribution in [1.82, 2.24) is 5.32 Å². The number of rotatable bonds is 36. The van der Waals surface area contributed by atoms with Crippen LogP contribution in [0, 0.1) is 0 Å². The monoisotopic (exact) mass is 743 g/mol. The Morgan fingerprint density at radius 1 is 0.627 bits per heavy atom. The van der Waals surface area contributed by atoms with Gasteiger partial charge in [0.05, 0.1) is 13.2 Å². The summed E-state index contributed by atoms with van der Waals surface area (Å²) in [7, 11) is -4.73. The van der Waals surface area contributed by atoms with Crippen LogP contribution in [-0.4, -0.2) is 64.9 Å². The van der Waals surface area contributed by atoms with Crippen LogP contribution in [0.25, 0.3) is 0 Å². The lowest BCUT2D eigenvalue weighted by molar-refractivity contribution is -0.147. The molecular weight excluding hydrogens is 673 g/mol. The molecule has 0 fully saturated rings. The summed E-state index contributed by atoms with van der Waals surface area (Å²) in [5, 5.41) is 21.5. The number of carboxylic acids is 1. The van der Waals surface area contributed by atoms with Gasteiger partial charge >= 0.3 is 19.8 Å². The van der Waals surface area contributed by atoms with Crippen LogP contribution in [0.3, 0.4) is 0 Å². The zero-order chi connectivity index (χ0) is 37.8. The molecule has 3 unspecified atom stereocenters. The highest BCUT2D eigenvalue weighted by Crippen LogP contribution is 2.43. The Labute approximate surface area is 308 Å². The number of phosphoric acid groups is 1. The first-order valence-corrected chi connectivity index (χ1v) is 21.0. The molecule has 4 N–H and O–H groups in total. The summed E-state index contributed by atoms with van der Waals surface area (Å²) in [6.07, 6.45) is 35.5. The van der Waals surface area contributed by atoms with Crippen LogP contribution in [0.1, 0.15) is 162 Å². The van der Waals surface area contributed by atoms with Gasteiger partial charge in [-0.15, -0.1) is 0 Å². The van der Waals surface area contributed by atoms with Gasteiger partial charge in [-0.25, -0.2) is 9.36 Å². The summed E-state index contributed by atoms with van der Waals surface area (Å²) in [6.45, 7) is 2.37. The lowest BCUT2D eigenvalue weighted by atomic mass is 10.1. The summed E-state index contributed by atoms with van der Waals surface area (Å²) in [5.74, 6) is -2.40. The van der Waals surface area contributed by atoms with Crippen LogP contribution in [0.5, 0.6) is 0 Å². The van der Waals surface area contributed by atoms with Crippen molar-refractivity contribution in [2.75, 3.05) is 19.8 Å². The number of carboxylic acid groups (broad SMARTS) is 1. The predicted octanol–water partition coefficient (Wildman–Crippen LogP) is 9.27. The fourth-order valence-corrected chi connectivity index (χ4v) is 5.86. The first-order chi connectivity index (χ1) is 24.6. The highest BCUT2D eigenvalue weighted by molar-refractivity contribution is 7.47. The third kappa shape index (κ3) is 34.5. The van der Waals surface area contributed by atoms with E-state index < -0.39 is 57.6 Å². The first-order valence-electron chi connectivity index (χ1n) is 19.5. The molecule has 0 heterocycles. The van der Waals surface area contributed by atoms with Gasteiger partial charge in [-0.05, 0) is 51.4 Å². The molecule has 0 radical (unpaired) electrons. The summed E-state index contributed by atoms with van der Waals surface area (Å²) in [4.78, 5) is 45.2. The maximum absolute atomic E-state index is 12.1. The minimum Gasteiger partial charge on any atom is -0.480 e. The van der Waals surface area contributed by atoms with E-state index in [9.17, 15) is 34.1 Å². The van der Waals surface area contributed by atoms with Crippen molar-refractivity contribution in [2.24, 2.45) is 0 Å². The maximum Gasteiger partial charge on any atom is 0.472 e. The van der Waals surface area contributed by atoms with Gasteiger partial charge in [0.25, 0.3) is 0 Å². The van der Waals surface area contributed by atoms with E-state index in [4.69, 9.17) is 13.8 Å². The van der Waals surface area contributed by atoms with Gasteiger partial charge in [0.1, 0.15) is 12.7 Å². The van der Waals surface area contributed by atoms with E-state index in [1.165, 1.54) is 64.2 Å². The third-order valence-corrected chi connectivity index (χ3v) is 9.13. The summed E-state index contributed by atoms with van der Waals surface area (Å²) >= 11 is 0. The van der Waals surface area contributed by atoms with Crippen LogP contribution >= 0.6 is 7.82 Å². The molecule has 11 nitrogen and oxygen atoms in total. The molecule has 296 valence electrons. The fraction of sp³-hybridized carbons (Fsp3) is 0.769. The van der Waals surface area contributed by atoms with Crippen LogP contribution < -0.4 is 5.32 Å². The van der Waals surface area contributed by atoms with Gasteiger partial charge in [0.2, 0.25) is 5.91 Å². The van der Waals surface area contributed by atoms with Crippen LogP contribution in [0.2, 0.25) is 0 Å². The number of hydrogen-bond donors (Lipinski definition) is 4. The molecule has 0 spiro atoms. The number of unbranched alkanes of at least 4 members (excludes halogenated alkanes) is 16. The normalized spacial score (nSPS) is 14.3. The topological polar surface area (TPSA) is 169 Å². The Balaban J connectivity index is 3.77. The van der Waals surface area contributed by atoms with Gasteiger partial charge in [0, 0.05) is 12.8 Å². The Hall–Kier alpha value is -2.30. The Kier molecular flexibility index (Phi) is 33.2. The molecule has 0 aromatic carbocycles. The van der Waals surface area contributed by atoms with Crippen molar-refractivity contribution in [1.29, 1.82) is 0 Å². The van der Waals surface area contributed by atoms with Crippen molar-refractivity contribution >= 4 is 25.7 Å². The number of aliphatic hydroxyl groups excluding tert-OH is 1.